The molecule has 0 spiro atoms. The number of rotatable bonds is 4. The number of pyridine rings is 1. The molecule has 1 aliphatic rings. The third-order valence-corrected chi connectivity index (χ3v) is 4.72. The summed E-state index contributed by atoms with van der Waals surface area (Å²) < 4.78 is 7.29. The molecule has 0 saturated carbocycles. The van der Waals surface area contributed by atoms with Crippen LogP contribution >= 0.6 is 0 Å². The van der Waals surface area contributed by atoms with Gasteiger partial charge in [-0.25, -0.2) is 0 Å². The molecular weight excluding hydrogens is 328 g/mol. The van der Waals surface area contributed by atoms with E-state index >= 15 is 0 Å². The lowest BCUT2D eigenvalue weighted by atomic mass is 10.1. The zero-order valence-corrected chi connectivity index (χ0v) is 14.6. The zero-order chi connectivity index (χ0) is 17.9. The first-order valence-corrected chi connectivity index (χ1v) is 8.69. The van der Waals surface area contributed by atoms with Crippen LogP contribution in [0, 0.1) is 0 Å². The summed E-state index contributed by atoms with van der Waals surface area (Å²) in [4.78, 5) is 14.7. The summed E-state index contributed by atoms with van der Waals surface area (Å²) in [6, 6.07) is 13.4. The highest BCUT2D eigenvalue weighted by atomic mass is 16.5. The van der Waals surface area contributed by atoms with E-state index in [0.717, 1.165) is 42.2 Å². The zero-order valence-electron chi connectivity index (χ0n) is 14.6. The Morgan fingerprint density at radius 2 is 2.04 bits per heavy atom. The third-order valence-electron chi connectivity index (χ3n) is 4.72. The molecular formula is C20H20N4O2. The number of benzene rings is 1. The molecule has 1 aromatic carbocycles. The van der Waals surface area contributed by atoms with Crippen molar-refractivity contribution in [2.75, 3.05) is 13.7 Å². The summed E-state index contributed by atoms with van der Waals surface area (Å²) in [6.45, 7) is 0.724. The molecule has 1 amide bonds. The average Bonchev–Trinajstić information content (AvgIpc) is 3.32. The van der Waals surface area contributed by atoms with Crippen LogP contribution in [0.1, 0.15) is 30.3 Å². The van der Waals surface area contributed by atoms with Gasteiger partial charge in [-0.05, 0) is 37.1 Å². The number of carbonyl (C=O) groups excluding carboxylic acids is 1. The first kappa shape index (κ1) is 16.3. The standard InChI is InChI=1S/C20H20N4O2/c1-26-17-9-3-2-7-15(17)11-12-19(25)23-14-6-8-16(23)20-22-21-18-10-4-5-13-24(18)20/h2-5,7,9-13,16H,6,8,14H2,1H3/b12-11+/t16-/m1/s1. The third kappa shape index (κ3) is 2.94. The fourth-order valence-corrected chi connectivity index (χ4v) is 3.45. The lowest BCUT2D eigenvalue weighted by molar-refractivity contribution is -0.127. The van der Waals surface area contributed by atoms with E-state index in [1.165, 1.54) is 0 Å². The molecule has 6 nitrogen and oxygen atoms in total. The summed E-state index contributed by atoms with van der Waals surface area (Å²) in [5.74, 6) is 1.54. The van der Waals surface area contributed by atoms with E-state index in [1.54, 1.807) is 19.3 Å². The fourth-order valence-electron chi connectivity index (χ4n) is 3.45. The minimum atomic E-state index is -0.0535. The largest absolute Gasteiger partial charge is 0.496 e. The van der Waals surface area contributed by atoms with Gasteiger partial charge in [0.05, 0.1) is 13.2 Å². The molecule has 1 saturated heterocycles. The van der Waals surface area contributed by atoms with E-state index < -0.39 is 0 Å². The summed E-state index contributed by atoms with van der Waals surface area (Å²) in [7, 11) is 1.63. The Morgan fingerprint density at radius 3 is 2.92 bits per heavy atom. The van der Waals surface area contributed by atoms with E-state index in [2.05, 4.69) is 10.2 Å². The topological polar surface area (TPSA) is 59.7 Å². The number of aromatic nitrogens is 3. The van der Waals surface area contributed by atoms with Crippen LogP contribution in [-0.4, -0.2) is 39.1 Å². The van der Waals surface area contributed by atoms with Crippen LogP contribution in [0.5, 0.6) is 5.75 Å². The van der Waals surface area contributed by atoms with Crippen LogP contribution in [0.3, 0.4) is 0 Å². The number of fused-ring (bicyclic) bond motifs is 1. The van der Waals surface area contributed by atoms with Gasteiger partial charge < -0.3 is 9.64 Å². The van der Waals surface area contributed by atoms with Crippen molar-refractivity contribution >= 4 is 17.6 Å². The highest BCUT2D eigenvalue weighted by Gasteiger charge is 2.32. The number of hydrogen-bond donors (Lipinski definition) is 0. The van der Waals surface area contributed by atoms with Crippen LogP contribution in [0.2, 0.25) is 0 Å². The quantitative estimate of drug-likeness (QED) is 0.680. The van der Waals surface area contributed by atoms with Crippen molar-refractivity contribution in [1.29, 1.82) is 0 Å². The Hall–Kier alpha value is -3.15. The summed E-state index contributed by atoms with van der Waals surface area (Å²) in [5.41, 5.74) is 1.68. The van der Waals surface area contributed by atoms with Gasteiger partial charge in [0.25, 0.3) is 0 Å². The SMILES string of the molecule is COc1ccccc1/C=C/C(=O)N1CCC[C@@H]1c1nnc2ccccn12. The number of nitrogens with zero attached hydrogens (tertiary/aromatic N) is 4. The van der Waals surface area contributed by atoms with Crippen LogP contribution in [0.25, 0.3) is 11.7 Å². The van der Waals surface area contributed by atoms with E-state index in [9.17, 15) is 4.79 Å². The Labute approximate surface area is 151 Å². The summed E-state index contributed by atoms with van der Waals surface area (Å²) >= 11 is 0. The van der Waals surface area contributed by atoms with Crippen LogP contribution in [0.4, 0.5) is 0 Å². The van der Waals surface area contributed by atoms with Crippen LogP contribution in [-0.2, 0) is 4.79 Å². The fraction of sp³-hybridized carbons (Fsp3) is 0.250. The van der Waals surface area contributed by atoms with E-state index in [-0.39, 0.29) is 11.9 Å². The van der Waals surface area contributed by atoms with Gasteiger partial charge in [0.15, 0.2) is 11.5 Å². The number of methoxy groups -OCH3 is 1. The number of ether oxygens (including phenoxy) is 1. The van der Waals surface area contributed by atoms with Crippen molar-refractivity contribution in [3.05, 3.63) is 66.1 Å². The van der Waals surface area contributed by atoms with Crippen molar-refractivity contribution in [2.45, 2.75) is 18.9 Å². The molecule has 0 aliphatic carbocycles. The Kier molecular flexibility index (Phi) is 4.39. The maximum Gasteiger partial charge on any atom is 0.247 e. The normalized spacial score (nSPS) is 17.3. The second-order valence-corrected chi connectivity index (χ2v) is 6.25. The number of hydrogen-bond acceptors (Lipinski definition) is 4. The maximum absolute atomic E-state index is 12.8. The molecule has 6 heteroatoms. The predicted molar refractivity (Wildman–Crippen MR) is 98.7 cm³/mol. The average molecular weight is 348 g/mol. The minimum absolute atomic E-state index is 0.0221. The maximum atomic E-state index is 12.8. The van der Waals surface area contributed by atoms with Crippen molar-refractivity contribution in [2.24, 2.45) is 0 Å². The molecule has 0 N–H and O–H groups in total. The van der Waals surface area contributed by atoms with E-state index in [0.29, 0.717) is 0 Å². The first-order chi connectivity index (χ1) is 12.8. The van der Waals surface area contributed by atoms with Gasteiger partial charge in [0.2, 0.25) is 5.91 Å². The highest BCUT2D eigenvalue weighted by molar-refractivity contribution is 5.92. The van der Waals surface area contributed by atoms with Crippen molar-refractivity contribution < 1.29 is 9.53 Å². The monoisotopic (exact) mass is 348 g/mol. The molecule has 2 aromatic heterocycles. The molecule has 3 aromatic rings. The molecule has 3 heterocycles. The molecule has 1 fully saturated rings. The second-order valence-electron chi connectivity index (χ2n) is 6.25. The molecule has 0 bridgehead atoms. The van der Waals surface area contributed by atoms with Crippen LogP contribution in [0.15, 0.2) is 54.7 Å². The second kappa shape index (κ2) is 7.00. The molecule has 1 aliphatic heterocycles. The Balaban J connectivity index is 1.58. The van der Waals surface area contributed by atoms with Crippen molar-refractivity contribution in [3.63, 3.8) is 0 Å². The molecule has 0 unspecified atom stereocenters. The number of carbonyl (C=O) groups is 1. The molecule has 4 rings (SSSR count). The number of para-hydroxylation sites is 1. The lowest BCUT2D eigenvalue weighted by Gasteiger charge is -2.22. The Bertz CT molecular complexity index is 963. The first-order valence-electron chi connectivity index (χ1n) is 8.69. The van der Waals surface area contributed by atoms with Gasteiger partial charge in [-0.15, -0.1) is 10.2 Å². The smallest absolute Gasteiger partial charge is 0.247 e. The van der Waals surface area contributed by atoms with Crippen molar-refractivity contribution in [1.82, 2.24) is 19.5 Å². The van der Waals surface area contributed by atoms with Gasteiger partial charge in [-0.2, -0.15) is 0 Å². The van der Waals surface area contributed by atoms with E-state index in [4.69, 9.17) is 4.74 Å². The molecule has 26 heavy (non-hydrogen) atoms. The summed E-state index contributed by atoms with van der Waals surface area (Å²) in [6.07, 6.45) is 7.21. The van der Waals surface area contributed by atoms with Gasteiger partial charge in [-0.3, -0.25) is 9.20 Å². The van der Waals surface area contributed by atoms with Gasteiger partial charge in [0.1, 0.15) is 5.75 Å². The van der Waals surface area contributed by atoms with Crippen molar-refractivity contribution in [3.8, 4) is 5.75 Å². The van der Waals surface area contributed by atoms with Gasteiger partial charge >= 0.3 is 0 Å². The number of likely N-dealkylation sites (tertiary alicyclic amines) is 1. The van der Waals surface area contributed by atoms with Gasteiger partial charge in [-0.1, -0.05) is 24.3 Å². The predicted octanol–water partition coefficient (Wildman–Crippen LogP) is 3.11. The van der Waals surface area contributed by atoms with Crippen LogP contribution < -0.4 is 4.74 Å². The molecule has 1 atom stereocenters. The summed E-state index contributed by atoms with van der Waals surface area (Å²) in [5, 5.41) is 8.54. The molecule has 0 radical (unpaired) electrons. The molecule has 132 valence electrons. The van der Waals surface area contributed by atoms with Gasteiger partial charge in [0, 0.05) is 24.4 Å². The highest BCUT2D eigenvalue weighted by Crippen LogP contribution is 2.31. The lowest BCUT2D eigenvalue weighted by Crippen LogP contribution is -2.30. The van der Waals surface area contributed by atoms with E-state index in [1.807, 2.05) is 58.0 Å². The number of amides is 1. The Morgan fingerprint density at radius 1 is 1.19 bits per heavy atom. The minimum Gasteiger partial charge on any atom is -0.496 e.